The average Bonchev–Trinajstić information content (AvgIpc) is 2.90. The number of anilines is 3. The van der Waals surface area contributed by atoms with Gasteiger partial charge in [0, 0.05) is 37.3 Å². The third-order valence-corrected chi connectivity index (χ3v) is 7.24. The van der Waals surface area contributed by atoms with Crippen molar-refractivity contribution in [2.45, 2.75) is 63.5 Å². The van der Waals surface area contributed by atoms with E-state index in [1.54, 1.807) is 0 Å². The highest BCUT2D eigenvalue weighted by atomic mass is 16.2. The fraction of sp³-hybridized carbons (Fsp3) is 0.414. The Kier molecular flexibility index (Phi) is 7.35. The fourth-order valence-corrected chi connectivity index (χ4v) is 5.38. The third-order valence-electron chi connectivity index (χ3n) is 7.24. The van der Waals surface area contributed by atoms with Gasteiger partial charge >= 0.3 is 6.03 Å². The van der Waals surface area contributed by atoms with Crippen LogP contribution in [-0.4, -0.2) is 42.2 Å². The first kappa shape index (κ1) is 24.1. The molecule has 3 aromatic rings. The minimum absolute atomic E-state index is 0.150. The zero-order chi connectivity index (χ0) is 24.9. The van der Waals surface area contributed by atoms with Gasteiger partial charge in [0.25, 0.3) is 0 Å². The van der Waals surface area contributed by atoms with Gasteiger partial charge in [0.05, 0.1) is 11.4 Å². The zero-order valence-electron chi connectivity index (χ0n) is 21.3. The van der Waals surface area contributed by atoms with Crippen LogP contribution in [0.25, 0.3) is 11.1 Å². The summed E-state index contributed by atoms with van der Waals surface area (Å²) in [6.45, 7) is 0. The molecule has 0 saturated heterocycles. The lowest BCUT2D eigenvalue weighted by atomic mass is 9.91. The first-order valence-electron chi connectivity index (χ1n) is 13.1. The van der Waals surface area contributed by atoms with Crippen molar-refractivity contribution in [2.75, 3.05) is 29.6 Å². The van der Waals surface area contributed by atoms with E-state index in [0.717, 1.165) is 67.1 Å². The van der Waals surface area contributed by atoms with E-state index in [4.69, 9.17) is 9.97 Å². The van der Waals surface area contributed by atoms with Crippen LogP contribution < -0.4 is 20.9 Å². The van der Waals surface area contributed by atoms with E-state index in [1.807, 2.05) is 42.5 Å². The standard InChI is InChI=1S/C29H36N6O/c1-35(2)27-24-13-7-9-15-26(24)32-28(34-27)30-21-16-18-22(19-17-21)31-29(36)33-25-14-8-6-12-23(25)20-10-4-3-5-11-20/h3-6,8,10-12,14,21-22H,7,9,13,15-19H2,1-2H3,(H,30,32,34)(H2,31,33,36)/t21-,22+. The minimum atomic E-state index is -0.150. The van der Waals surface area contributed by atoms with E-state index >= 15 is 0 Å². The molecule has 0 atom stereocenters. The highest BCUT2D eigenvalue weighted by molar-refractivity contribution is 5.94. The second-order valence-electron chi connectivity index (χ2n) is 10.1. The molecule has 0 bridgehead atoms. The molecule has 1 heterocycles. The first-order chi connectivity index (χ1) is 17.6. The molecule has 0 spiro atoms. The molecule has 188 valence electrons. The van der Waals surface area contributed by atoms with Crippen molar-refractivity contribution in [1.82, 2.24) is 15.3 Å². The van der Waals surface area contributed by atoms with Gasteiger partial charge < -0.3 is 20.9 Å². The third kappa shape index (κ3) is 5.61. The lowest BCUT2D eigenvalue weighted by Crippen LogP contribution is -2.42. The second-order valence-corrected chi connectivity index (χ2v) is 10.1. The van der Waals surface area contributed by atoms with Crippen LogP contribution in [0, 0.1) is 0 Å². The fourth-order valence-electron chi connectivity index (χ4n) is 5.38. The quantitative estimate of drug-likeness (QED) is 0.422. The number of nitrogens with one attached hydrogen (secondary N) is 3. The number of urea groups is 1. The number of nitrogens with zero attached hydrogens (tertiary/aromatic N) is 3. The molecule has 1 fully saturated rings. The highest BCUT2D eigenvalue weighted by Gasteiger charge is 2.25. The number of para-hydroxylation sites is 1. The Morgan fingerprint density at radius 2 is 1.56 bits per heavy atom. The van der Waals surface area contributed by atoms with Gasteiger partial charge in [-0.1, -0.05) is 48.5 Å². The predicted molar refractivity (Wildman–Crippen MR) is 147 cm³/mol. The van der Waals surface area contributed by atoms with Crippen molar-refractivity contribution >= 4 is 23.5 Å². The van der Waals surface area contributed by atoms with Crippen LogP contribution >= 0.6 is 0 Å². The van der Waals surface area contributed by atoms with Gasteiger partial charge in [-0.2, -0.15) is 4.98 Å². The Morgan fingerprint density at radius 3 is 2.33 bits per heavy atom. The van der Waals surface area contributed by atoms with Crippen LogP contribution in [0.5, 0.6) is 0 Å². The van der Waals surface area contributed by atoms with Gasteiger partial charge in [0.15, 0.2) is 0 Å². The number of rotatable bonds is 6. The average molecular weight is 485 g/mol. The molecule has 2 aromatic carbocycles. The summed E-state index contributed by atoms with van der Waals surface area (Å²) in [5.41, 5.74) is 5.43. The van der Waals surface area contributed by atoms with Crippen LogP contribution in [-0.2, 0) is 12.8 Å². The molecule has 2 amide bonds. The van der Waals surface area contributed by atoms with Gasteiger partial charge in [-0.05, 0) is 63.0 Å². The molecule has 1 aromatic heterocycles. The van der Waals surface area contributed by atoms with Gasteiger partial charge in [0.1, 0.15) is 5.82 Å². The molecule has 1 saturated carbocycles. The van der Waals surface area contributed by atoms with Crippen molar-refractivity contribution in [3.05, 3.63) is 65.9 Å². The summed E-state index contributed by atoms with van der Waals surface area (Å²) >= 11 is 0. The van der Waals surface area contributed by atoms with Crippen molar-refractivity contribution in [3.8, 4) is 11.1 Å². The van der Waals surface area contributed by atoms with Crippen LogP contribution in [0.2, 0.25) is 0 Å². The maximum Gasteiger partial charge on any atom is 0.319 e. The van der Waals surface area contributed by atoms with Crippen molar-refractivity contribution in [3.63, 3.8) is 0 Å². The van der Waals surface area contributed by atoms with Gasteiger partial charge in [-0.25, -0.2) is 9.78 Å². The predicted octanol–water partition coefficient (Wildman–Crippen LogP) is 5.63. The Bertz CT molecular complexity index is 1190. The summed E-state index contributed by atoms with van der Waals surface area (Å²) in [5, 5.41) is 9.83. The smallest absolute Gasteiger partial charge is 0.319 e. The Hall–Kier alpha value is -3.61. The zero-order valence-corrected chi connectivity index (χ0v) is 21.3. The molecule has 7 nitrogen and oxygen atoms in total. The maximum atomic E-state index is 12.8. The second kappa shape index (κ2) is 11.0. The molecular formula is C29H36N6O. The normalized spacial score (nSPS) is 19.2. The summed E-state index contributed by atoms with van der Waals surface area (Å²) in [5.74, 6) is 1.79. The number of amides is 2. The van der Waals surface area contributed by atoms with Crippen LogP contribution in [0.1, 0.15) is 49.8 Å². The number of hydrogen-bond acceptors (Lipinski definition) is 5. The molecule has 0 aliphatic heterocycles. The van der Waals surface area contributed by atoms with E-state index < -0.39 is 0 Å². The van der Waals surface area contributed by atoms with Crippen molar-refractivity contribution in [2.24, 2.45) is 0 Å². The number of carbonyl (C=O) groups excluding carboxylic acids is 1. The van der Waals surface area contributed by atoms with E-state index in [0.29, 0.717) is 6.04 Å². The van der Waals surface area contributed by atoms with Crippen LogP contribution in [0.4, 0.5) is 22.2 Å². The lowest BCUT2D eigenvalue weighted by molar-refractivity contribution is 0.243. The Balaban J connectivity index is 1.16. The van der Waals surface area contributed by atoms with Crippen molar-refractivity contribution in [1.29, 1.82) is 0 Å². The maximum absolute atomic E-state index is 12.8. The summed E-state index contributed by atoms with van der Waals surface area (Å²) in [7, 11) is 4.11. The van der Waals surface area contributed by atoms with Crippen LogP contribution in [0.15, 0.2) is 54.6 Å². The molecule has 5 rings (SSSR count). The van der Waals surface area contributed by atoms with E-state index in [-0.39, 0.29) is 12.1 Å². The topological polar surface area (TPSA) is 82.2 Å². The SMILES string of the molecule is CN(C)c1nc(N[C@H]2CC[C@@H](NC(=O)Nc3ccccc3-c3ccccc3)CC2)nc2c1CCCC2. The van der Waals surface area contributed by atoms with Gasteiger partial charge in [-0.15, -0.1) is 0 Å². The van der Waals surface area contributed by atoms with E-state index in [9.17, 15) is 4.79 Å². The number of aryl methyl sites for hydroxylation is 1. The summed E-state index contributed by atoms with van der Waals surface area (Å²) in [4.78, 5) is 24.6. The number of aromatic nitrogens is 2. The molecular weight excluding hydrogens is 448 g/mol. The molecule has 0 radical (unpaired) electrons. The largest absolute Gasteiger partial charge is 0.362 e. The lowest BCUT2D eigenvalue weighted by Gasteiger charge is -2.30. The van der Waals surface area contributed by atoms with E-state index in [2.05, 4.69) is 47.1 Å². The van der Waals surface area contributed by atoms with Gasteiger partial charge in [0.2, 0.25) is 5.95 Å². The first-order valence-corrected chi connectivity index (χ1v) is 13.1. The van der Waals surface area contributed by atoms with Crippen molar-refractivity contribution < 1.29 is 4.79 Å². The number of hydrogen-bond donors (Lipinski definition) is 3. The molecule has 3 N–H and O–H groups in total. The Morgan fingerprint density at radius 1 is 0.861 bits per heavy atom. The molecule has 36 heavy (non-hydrogen) atoms. The molecule has 2 aliphatic carbocycles. The summed E-state index contributed by atoms with van der Waals surface area (Å²) in [6.07, 6.45) is 8.32. The minimum Gasteiger partial charge on any atom is -0.362 e. The van der Waals surface area contributed by atoms with E-state index in [1.165, 1.54) is 24.1 Å². The molecule has 7 heteroatoms. The van der Waals surface area contributed by atoms with Crippen LogP contribution in [0.3, 0.4) is 0 Å². The number of carbonyl (C=O) groups is 1. The summed E-state index contributed by atoms with van der Waals surface area (Å²) < 4.78 is 0. The molecule has 2 aliphatic rings. The van der Waals surface area contributed by atoms with Gasteiger partial charge in [-0.3, -0.25) is 0 Å². The monoisotopic (exact) mass is 484 g/mol. The highest BCUT2D eigenvalue weighted by Crippen LogP contribution is 2.30. The Labute approximate surface area is 213 Å². The number of benzene rings is 2. The summed E-state index contributed by atoms with van der Waals surface area (Å²) in [6, 6.07) is 18.4. The molecule has 0 unspecified atom stereocenters. The number of fused-ring (bicyclic) bond motifs is 1.